The van der Waals surface area contributed by atoms with Crippen molar-refractivity contribution in [1.29, 1.82) is 5.41 Å². The van der Waals surface area contributed by atoms with Crippen LogP contribution in [0.25, 0.3) is 0 Å². The Kier molecular flexibility index (Phi) is 12.4. The molecular weight excluding hydrogens is 622 g/mol. The van der Waals surface area contributed by atoms with Gasteiger partial charge in [-0.3, -0.25) is 10.2 Å². The monoisotopic (exact) mass is 671 g/mol. The highest BCUT2D eigenvalue weighted by Crippen LogP contribution is 2.44. The maximum Gasteiger partial charge on any atom is 0.328 e. The third-order valence-electron chi connectivity index (χ3n) is 8.74. The van der Waals surface area contributed by atoms with E-state index in [1.165, 1.54) is 7.11 Å². The lowest BCUT2D eigenvalue weighted by atomic mass is 9.81. The second-order valence-electron chi connectivity index (χ2n) is 12.5. The molecule has 47 heavy (non-hydrogen) atoms. The van der Waals surface area contributed by atoms with Gasteiger partial charge in [-0.05, 0) is 99.7 Å². The lowest BCUT2D eigenvalue weighted by Crippen LogP contribution is -2.50. The van der Waals surface area contributed by atoms with E-state index in [1.54, 1.807) is 44.2 Å². The van der Waals surface area contributed by atoms with Crippen molar-refractivity contribution in [3.05, 3.63) is 64.7 Å². The average Bonchev–Trinajstić information content (AvgIpc) is 3.01. The number of methoxy groups -OCH3 is 1. The number of ether oxygens (including phenoxy) is 3. The van der Waals surface area contributed by atoms with E-state index < -0.39 is 39.9 Å². The van der Waals surface area contributed by atoms with Gasteiger partial charge in [-0.2, -0.15) is 0 Å². The quantitative estimate of drug-likeness (QED) is 0.0662. The zero-order valence-corrected chi connectivity index (χ0v) is 29.2. The molecule has 0 aliphatic carbocycles. The number of hydrogen-bond acceptors (Lipinski definition) is 9. The molecular formula is C34H49N5O7S. The maximum atomic E-state index is 13.5. The Morgan fingerprint density at radius 3 is 2.45 bits per heavy atom. The van der Waals surface area contributed by atoms with Crippen LogP contribution in [0.2, 0.25) is 0 Å². The molecule has 1 aliphatic heterocycles. The number of amides is 1. The smallest absolute Gasteiger partial charge is 0.328 e. The lowest BCUT2D eigenvalue weighted by molar-refractivity contribution is -0.145. The molecule has 1 heterocycles. The molecule has 258 valence electrons. The topological polar surface area (TPSA) is 182 Å². The van der Waals surface area contributed by atoms with Crippen LogP contribution in [-0.4, -0.2) is 64.2 Å². The van der Waals surface area contributed by atoms with Crippen LogP contribution in [0.5, 0.6) is 11.5 Å². The van der Waals surface area contributed by atoms with Gasteiger partial charge in [-0.25, -0.2) is 17.9 Å². The van der Waals surface area contributed by atoms with Crippen LogP contribution in [0.1, 0.15) is 61.4 Å². The van der Waals surface area contributed by atoms with Gasteiger partial charge in [0.1, 0.15) is 29.7 Å². The average molecular weight is 672 g/mol. The van der Waals surface area contributed by atoms with E-state index in [1.807, 2.05) is 20.8 Å². The predicted octanol–water partition coefficient (Wildman–Crippen LogP) is 3.34. The SMILES string of the molecule is C=CCOc1ccc(C[C@H](NC(=O)[C@H](N)CCCNC(=N)NS(=O)(=O)c2c(C)c(C)c3c(c2C)C[C@@H](C)C(C)(C)O3)C(=O)OC)cc1. The summed E-state index contributed by atoms with van der Waals surface area (Å²) in [6.07, 6.45) is 3.09. The van der Waals surface area contributed by atoms with Crippen molar-refractivity contribution in [3.63, 3.8) is 0 Å². The normalized spacial score (nSPS) is 16.5. The summed E-state index contributed by atoms with van der Waals surface area (Å²) in [7, 11) is -2.84. The second kappa shape index (κ2) is 15.7. The molecule has 0 unspecified atom stereocenters. The third-order valence-corrected chi connectivity index (χ3v) is 10.4. The third kappa shape index (κ3) is 9.25. The van der Waals surface area contributed by atoms with E-state index in [4.69, 9.17) is 25.4 Å². The number of fused-ring (bicyclic) bond motifs is 1. The molecule has 3 atom stereocenters. The van der Waals surface area contributed by atoms with Crippen molar-refractivity contribution < 1.29 is 32.2 Å². The first-order valence-electron chi connectivity index (χ1n) is 15.7. The zero-order chi connectivity index (χ0) is 35.1. The molecule has 0 spiro atoms. The molecule has 0 saturated heterocycles. The molecule has 0 bridgehead atoms. The van der Waals surface area contributed by atoms with Crippen LogP contribution in [0, 0.1) is 32.1 Å². The van der Waals surface area contributed by atoms with Gasteiger partial charge >= 0.3 is 5.97 Å². The van der Waals surface area contributed by atoms with E-state index in [-0.39, 0.29) is 35.8 Å². The van der Waals surface area contributed by atoms with E-state index in [9.17, 15) is 18.0 Å². The van der Waals surface area contributed by atoms with Gasteiger partial charge in [-0.1, -0.05) is 31.7 Å². The van der Waals surface area contributed by atoms with Crippen molar-refractivity contribution in [2.45, 2.75) is 89.8 Å². The number of guanidine groups is 1. The number of benzene rings is 2. The molecule has 13 heteroatoms. The molecule has 0 aromatic heterocycles. The fourth-order valence-corrected chi connectivity index (χ4v) is 7.00. The fourth-order valence-electron chi connectivity index (χ4n) is 5.47. The molecule has 3 rings (SSSR count). The minimum Gasteiger partial charge on any atom is -0.490 e. The molecule has 0 radical (unpaired) electrons. The summed E-state index contributed by atoms with van der Waals surface area (Å²) >= 11 is 0. The Morgan fingerprint density at radius 2 is 1.83 bits per heavy atom. The first-order chi connectivity index (χ1) is 22.0. The van der Waals surface area contributed by atoms with Gasteiger partial charge in [0.05, 0.1) is 18.0 Å². The van der Waals surface area contributed by atoms with Crippen LogP contribution in [0.15, 0.2) is 41.8 Å². The molecule has 12 nitrogen and oxygen atoms in total. The van der Waals surface area contributed by atoms with Gasteiger partial charge in [0.15, 0.2) is 0 Å². The highest BCUT2D eigenvalue weighted by molar-refractivity contribution is 7.90. The van der Waals surface area contributed by atoms with Crippen LogP contribution in [0.3, 0.4) is 0 Å². The summed E-state index contributed by atoms with van der Waals surface area (Å²) in [6.45, 7) is 15.7. The van der Waals surface area contributed by atoms with Gasteiger partial charge in [0.2, 0.25) is 11.9 Å². The summed E-state index contributed by atoms with van der Waals surface area (Å²) in [6, 6.07) is 5.22. The van der Waals surface area contributed by atoms with E-state index >= 15 is 0 Å². The zero-order valence-electron chi connectivity index (χ0n) is 28.4. The predicted molar refractivity (Wildman–Crippen MR) is 181 cm³/mol. The molecule has 0 fully saturated rings. The number of nitrogens with one attached hydrogen (secondary N) is 4. The highest BCUT2D eigenvalue weighted by Gasteiger charge is 2.38. The Bertz CT molecular complexity index is 1590. The number of rotatable bonds is 14. The number of carbonyl (C=O) groups excluding carboxylic acids is 2. The minimum atomic E-state index is -4.08. The number of sulfonamides is 1. The summed E-state index contributed by atoms with van der Waals surface area (Å²) in [5.74, 6) is 0.0333. The van der Waals surface area contributed by atoms with E-state index in [0.29, 0.717) is 36.3 Å². The number of nitrogens with two attached hydrogens (primary N) is 1. The summed E-state index contributed by atoms with van der Waals surface area (Å²) in [5, 5.41) is 13.7. The maximum absolute atomic E-state index is 13.5. The van der Waals surface area contributed by atoms with Crippen LogP contribution in [-0.2, 0) is 37.2 Å². The second-order valence-corrected chi connectivity index (χ2v) is 14.1. The number of carbonyl (C=O) groups is 2. The van der Waals surface area contributed by atoms with Crippen LogP contribution >= 0.6 is 0 Å². The Labute approximate surface area is 278 Å². The van der Waals surface area contributed by atoms with Crippen molar-refractivity contribution in [3.8, 4) is 11.5 Å². The van der Waals surface area contributed by atoms with Crippen molar-refractivity contribution in [2.75, 3.05) is 20.3 Å². The van der Waals surface area contributed by atoms with Crippen molar-refractivity contribution in [2.24, 2.45) is 11.7 Å². The van der Waals surface area contributed by atoms with E-state index in [0.717, 1.165) is 22.4 Å². The molecule has 0 saturated carbocycles. The minimum absolute atomic E-state index is 0.145. The Morgan fingerprint density at radius 1 is 1.17 bits per heavy atom. The van der Waals surface area contributed by atoms with Gasteiger partial charge in [0.25, 0.3) is 10.0 Å². The molecule has 1 aliphatic rings. The van der Waals surface area contributed by atoms with Crippen molar-refractivity contribution in [1.82, 2.24) is 15.4 Å². The van der Waals surface area contributed by atoms with Gasteiger partial charge < -0.3 is 30.6 Å². The van der Waals surface area contributed by atoms with Gasteiger partial charge in [-0.15, -0.1) is 0 Å². The molecule has 1 amide bonds. The van der Waals surface area contributed by atoms with E-state index in [2.05, 4.69) is 28.9 Å². The summed E-state index contributed by atoms with van der Waals surface area (Å²) < 4.78 is 46.0. The molecule has 6 N–H and O–H groups in total. The highest BCUT2D eigenvalue weighted by atomic mass is 32.2. The Balaban J connectivity index is 1.54. The summed E-state index contributed by atoms with van der Waals surface area (Å²) in [4.78, 5) is 25.4. The standard InChI is InChI=1S/C34H49N5O7S/c1-9-17-45-25-14-12-24(13-15-25)19-28(32(41)44-8)38-31(40)27(35)11-10-16-37-33(36)39-47(42,43)30-22(4)21(3)29-26(23(30)5)18-20(2)34(6,7)46-29/h9,12-15,20,27-28H,1,10-11,16-19,35H2,2-8H3,(H,38,40)(H3,36,37,39)/t20-,27-,28+/m1/s1. The first-order valence-corrected chi connectivity index (χ1v) is 17.1. The van der Waals surface area contributed by atoms with Crippen LogP contribution in [0.4, 0.5) is 0 Å². The first kappa shape index (κ1) is 37.4. The largest absolute Gasteiger partial charge is 0.490 e. The van der Waals surface area contributed by atoms with Crippen molar-refractivity contribution >= 4 is 27.9 Å². The summed E-state index contributed by atoms with van der Waals surface area (Å²) in [5.41, 5.74) is 9.33. The molecule has 2 aromatic rings. The van der Waals surface area contributed by atoms with Gasteiger partial charge in [0, 0.05) is 13.0 Å². The fraction of sp³-hybridized carbons (Fsp3) is 0.500. The lowest BCUT2D eigenvalue weighted by Gasteiger charge is -2.40. The Hall–Kier alpha value is -4.10. The van der Waals surface area contributed by atoms with Crippen LogP contribution < -0.4 is 30.6 Å². The molecule has 2 aromatic carbocycles. The number of esters is 1. The number of hydrogen-bond donors (Lipinski definition) is 5.